The minimum absolute atomic E-state index is 0.0865. The van der Waals surface area contributed by atoms with Crippen LogP contribution in [0.3, 0.4) is 0 Å². The number of sulfonamides is 1. The van der Waals surface area contributed by atoms with Gasteiger partial charge in [0, 0.05) is 18.2 Å². The Hall–Kier alpha value is -3.20. The quantitative estimate of drug-likeness (QED) is 0.429. The molecule has 0 aliphatic heterocycles. The van der Waals surface area contributed by atoms with Crippen LogP contribution in [0.25, 0.3) is 0 Å². The van der Waals surface area contributed by atoms with Gasteiger partial charge in [0.15, 0.2) is 5.78 Å². The highest BCUT2D eigenvalue weighted by Crippen LogP contribution is 2.22. The largest absolute Gasteiger partial charge is 0.352 e. The van der Waals surface area contributed by atoms with E-state index in [9.17, 15) is 22.8 Å². The zero-order valence-electron chi connectivity index (χ0n) is 22.8. The van der Waals surface area contributed by atoms with E-state index in [1.165, 1.54) is 17.9 Å². The lowest BCUT2D eigenvalue weighted by atomic mass is 9.95. The van der Waals surface area contributed by atoms with Crippen molar-refractivity contribution in [2.24, 2.45) is 0 Å². The molecule has 0 saturated heterocycles. The molecule has 0 spiro atoms. The first-order valence-electron chi connectivity index (χ1n) is 13.2. The Kier molecular flexibility index (Phi) is 10.1. The Balaban J connectivity index is 1.93. The zero-order chi connectivity index (χ0) is 27.9. The van der Waals surface area contributed by atoms with Crippen LogP contribution in [0, 0.1) is 6.92 Å². The van der Waals surface area contributed by atoms with Gasteiger partial charge >= 0.3 is 0 Å². The molecular weight excluding hydrogens is 502 g/mol. The second-order valence-electron chi connectivity index (χ2n) is 10.2. The van der Waals surface area contributed by atoms with Crippen molar-refractivity contribution in [2.45, 2.75) is 77.9 Å². The minimum atomic E-state index is -3.87. The lowest BCUT2D eigenvalue weighted by molar-refractivity contribution is -0.140. The first kappa shape index (κ1) is 29.4. The highest BCUT2D eigenvalue weighted by Gasteiger charge is 2.33. The number of ketones is 1. The number of rotatable bonds is 11. The van der Waals surface area contributed by atoms with Crippen molar-refractivity contribution in [3.8, 4) is 0 Å². The zero-order valence-corrected chi connectivity index (χ0v) is 23.6. The van der Waals surface area contributed by atoms with Crippen LogP contribution < -0.4 is 9.62 Å². The van der Waals surface area contributed by atoms with Crippen LogP contribution in [0.5, 0.6) is 0 Å². The van der Waals surface area contributed by atoms with E-state index >= 15 is 0 Å². The fourth-order valence-electron chi connectivity index (χ4n) is 4.85. The number of aryl methyl sites for hydroxylation is 1. The summed E-state index contributed by atoms with van der Waals surface area (Å²) >= 11 is 0. The van der Waals surface area contributed by atoms with Crippen molar-refractivity contribution in [3.63, 3.8) is 0 Å². The molecule has 1 atom stereocenters. The Labute approximate surface area is 226 Å². The molecule has 2 aromatic carbocycles. The van der Waals surface area contributed by atoms with Crippen molar-refractivity contribution < 1.29 is 22.8 Å². The molecule has 2 amide bonds. The van der Waals surface area contributed by atoms with Crippen molar-refractivity contribution in [2.75, 3.05) is 17.1 Å². The predicted molar refractivity (Wildman–Crippen MR) is 149 cm³/mol. The number of Topliss-reactive ketones (excluding diaryl/α,β-unsaturated/α-hetero) is 1. The second kappa shape index (κ2) is 13.0. The highest BCUT2D eigenvalue weighted by atomic mass is 32.2. The molecule has 206 valence electrons. The third-order valence-corrected chi connectivity index (χ3v) is 8.17. The van der Waals surface area contributed by atoms with Crippen LogP contribution in [-0.4, -0.2) is 55.8 Å². The number of nitrogens with zero attached hydrogens (tertiary/aromatic N) is 2. The van der Waals surface area contributed by atoms with Crippen LogP contribution in [0.1, 0.15) is 73.9 Å². The van der Waals surface area contributed by atoms with Gasteiger partial charge in [0.25, 0.3) is 0 Å². The Morgan fingerprint density at radius 3 is 2.26 bits per heavy atom. The van der Waals surface area contributed by atoms with Crippen molar-refractivity contribution in [3.05, 3.63) is 65.2 Å². The van der Waals surface area contributed by atoms with E-state index in [2.05, 4.69) is 5.32 Å². The Bertz CT molecular complexity index is 1240. The van der Waals surface area contributed by atoms with Gasteiger partial charge in [-0.1, -0.05) is 68.1 Å². The van der Waals surface area contributed by atoms with Crippen LogP contribution in [-0.2, 0) is 26.2 Å². The smallest absolute Gasteiger partial charge is 0.244 e. The summed E-state index contributed by atoms with van der Waals surface area (Å²) in [6.07, 6.45) is 6.54. The molecule has 2 aromatic rings. The Morgan fingerprint density at radius 2 is 1.68 bits per heavy atom. The van der Waals surface area contributed by atoms with Crippen LogP contribution in [0.2, 0.25) is 0 Å². The molecule has 0 aromatic heterocycles. The van der Waals surface area contributed by atoms with E-state index in [4.69, 9.17) is 0 Å². The summed E-state index contributed by atoms with van der Waals surface area (Å²) in [5, 5.41) is 3.13. The van der Waals surface area contributed by atoms with Gasteiger partial charge in [-0.05, 0) is 50.8 Å². The summed E-state index contributed by atoms with van der Waals surface area (Å²) in [4.78, 5) is 40.7. The standard InChI is InChI=1S/C29H39N3O5S/c1-5-27(29(35)30-25-11-7-6-8-12-25)31(19-23-16-14-21(2)15-17-23)28(34)20-32(38(4,36)37)26-13-9-10-24(18-26)22(3)33/h9-10,13-18,25,27H,5-8,11-12,19-20H2,1-4H3,(H,30,35)/t27-/m1/s1. The molecule has 1 N–H and O–H groups in total. The van der Waals surface area contributed by atoms with Crippen molar-refractivity contribution in [1.29, 1.82) is 0 Å². The average molecular weight is 542 g/mol. The van der Waals surface area contributed by atoms with Gasteiger partial charge < -0.3 is 10.2 Å². The number of anilines is 1. The maximum atomic E-state index is 13.8. The van der Waals surface area contributed by atoms with Gasteiger partial charge in [0.2, 0.25) is 21.8 Å². The summed E-state index contributed by atoms with van der Waals surface area (Å²) in [5.41, 5.74) is 2.49. The van der Waals surface area contributed by atoms with Crippen LogP contribution >= 0.6 is 0 Å². The summed E-state index contributed by atoms with van der Waals surface area (Å²) in [5.74, 6) is -0.919. The lowest BCUT2D eigenvalue weighted by Gasteiger charge is -2.34. The average Bonchev–Trinajstić information content (AvgIpc) is 2.88. The van der Waals surface area contributed by atoms with Crippen LogP contribution in [0.15, 0.2) is 48.5 Å². The van der Waals surface area contributed by atoms with Gasteiger partial charge in [-0.15, -0.1) is 0 Å². The number of benzene rings is 2. The first-order chi connectivity index (χ1) is 18.0. The van der Waals surface area contributed by atoms with E-state index in [-0.39, 0.29) is 30.0 Å². The van der Waals surface area contributed by atoms with E-state index in [1.54, 1.807) is 18.2 Å². The molecule has 3 rings (SSSR count). The maximum Gasteiger partial charge on any atom is 0.244 e. The summed E-state index contributed by atoms with van der Waals surface area (Å²) < 4.78 is 26.6. The van der Waals surface area contributed by atoms with E-state index in [0.717, 1.165) is 53.8 Å². The number of carbonyl (C=O) groups is 3. The molecule has 9 heteroatoms. The SMILES string of the molecule is CC[C@H](C(=O)NC1CCCCC1)N(Cc1ccc(C)cc1)C(=O)CN(c1cccc(C(C)=O)c1)S(C)(=O)=O. The molecular formula is C29H39N3O5S. The fraction of sp³-hybridized carbons (Fsp3) is 0.483. The minimum Gasteiger partial charge on any atom is -0.352 e. The predicted octanol–water partition coefficient (Wildman–Crippen LogP) is 4.22. The third kappa shape index (κ3) is 7.90. The van der Waals surface area contributed by atoms with Crippen molar-refractivity contribution in [1.82, 2.24) is 10.2 Å². The van der Waals surface area contributed by atoms with Gasteiger partial charge in [0.1, 0.15) is 12.6 Å². The summed E-state index contributed by atoms with van der Waals surface area (Å²) in [6, 6.07) is 13.2. The first-order valence-corrected chi connectivity index (χ1v) is 15.1. The maximum absolute atomic E-state index is 13.8. The highest BCUT2D eigenvalue weighted by molar-refractivity contribution is 7.92. The van der Waals surface area contributed by atoms with E-state index in [0.29, 0.717) is 12.0 Å². The molecule has 1 fully saturated rings. The Morgan fingerprint density at radius 1 is 1.03 bits per heavy atom. The third-order valence-electron chi connectivity index (χ3n) is 7.03. The van der Waals surface area contributed by atoms with Crippen LogP contribution in [0.4, 0.5) is 5.69 Å². The summed E-state index contributed by atoms with van der Waals surface area (Å²) in [7, 11) is -3.87. The molecule has 1 saturated carbocycles. The van der Waals surface area contributed by atoms with Crippen molar-refractivity contribution >= 4 is 33.3 Å². The molecule has 0 radical (unpaired) electrons. The molecule has 1 aliphatic carbocycles. The normalized spacial score (nSPS) is 14.9. The number of nitrogens with one attached hydrogen (secondary N) is 1. The number of carbonyl (C=O) groups excluding carboxylic acids is 3. The van der Waals surface area contributed by atoms with E-state index < -0.39 is 28.5 Å². The molecule has 0 unspecified atom stereocenters. The molecule has 0 bridgehead atoms. The second-order valence-corrected chi connectivity index (χ2v) is 12.1. The number of hydrogen-bond acceptors (Lipinski definition) is 5. The number of hydrogen-bond donors (Lipinski definition) is 1. The van der Waals surface area contributed by atoms with E-state index in [1.807, 2.05) is 38.1 Å². The summed E-state index contributed by atoms with van der Waals surface area (Å²) in [6.45, 7) is 4.90. The lowest BCUT2D eigenvalue weighted by Crippen LogP contribution is -2.53. The number of amides is 2. The van der Waals surface area contributed by atoms with Gasteiger partial charge in [0.05, 0.1) is 11.9 Å². The molecule has 8 nitrogen and oxygen atoms in total. The topological polar surface area (TPSA) is 104 Å². The van der Waals surface area contributed by atoms with Gasteiger partial charge in [-0.25, -0.2) is 8.42 Å². The molecule has 0 heterocycles. The van der Waals surface area contributed by atoms with Gasteiger partial charge in [-0.2, -0.15) is 0 Å². The monoisotopic (exact) mass is 541 g/mol. The fourth-order valence-corrected chi connectivity index (χ4v) is 5.69. The molecule has 1 aliphatic rings. The molecule has 38 heavy (non-hydrogen) atoms. The van der Waals surface area contributed by atoms with Gasteiger partial charge in [-0.3, -0.25) is 18.7 Å².